The lowest BCUT2D eigenvalue weighted by molar-refractivity contribution is -0.113. The Morgan fingerprint density at radius 3 is 2.47 bits per heavy atom. The number of hydrogen-bond donors (Lipinski definition) is 2. The monoisotopic (exact) mass is 446 g/mol. The highest BCUT2D eigenvalue weighted by atomic mass is 32.2. The van der Waals surface area contributed by atoms with Crippen LogP contribution in [0.15, 0.2) is 63.6 Å². The van der Waals surface area contributed by atoms with Crippen molar-refractivity contribution < 1.29 is 17.6 Å². The molecule has 0 aliphatic carbocycles. The molecule has 7 nitrogen and oxygen atoms in total. The first-order valence-corrected chi connectivity index (χ1v) is 11.3. The largest absolute Gasteiger partial charge is 0.382 e. The molecule has 3 aromatic rings. The number of benzene rings is 2. The van der Waals surface area contributed by atoms with Crippen LogP contribution in [0.25, 0.3) is 0 Å². The van der Waals surface area contributed by atoms with Crippen LogP contribution in [-0.4, -0.2) is 30.0 Å². The average Bonchev–Trinajstić information content (AvgIpc) is 2.70. The highest BCUT2D eigenvalue weighted by molar-refractivity contribution is 7.99. The zero-order chi connectivity index (χ0) is 21.9. The molecule has 1 aromatic heterocycles. The first kappa shape index (κ1) is 21.7. The van der Waals surface area contributed by atoms with Crippen LogP contribution >= 0.6 is 11.8 Å². The number of rotatable bonds is 6. The van der Waals surface area contributed by atoms with Crippen LogP contribution in [0.4, 0.5) is 15.9 Å². The third-order valence-electron chi connectivity index (χ3n) is 4.30. The molecule has 30 heavy (non-hydrogen) atoms. The number of aromatic nitrogens is 2. The Morgan fingerprint density at radius 1 is 1.13 bits per heavy atom. The molecule has 10 heteroatoms. The molecule has 3 N–H and O–H groups in total. The fourth-order valence-electron chi connectivity index (χ4n) is 2.51. The zero-order valence-electron chi connectivity index (χ0n) is 16.2. The summed E-state index contributed by atoms with van der Waals surface area (Å²) in [6, 6.07) is 10.2. The van der Waals surface area contributed by atoms with E-state index in [1.807, 2.05) is 13.8 Å². The molecule has 0 radical (unpaired) electrons. The molecule has 0 unspecified atom stereocenters. The number of anilines is 2. The number of hydrogen-bond acceptors (Lipinski definition) is 7. The van der Waals surface area contributed by atoms with E-state index >= 15 is 0 Å². The Kier molecular flexibility index (Phi) is 6.37. The summed E-state index contributed by atoms with van der Waals surface area (Å²) in [6.45, 7) is 3.71. The molecule has 2 aromatic carbocycles. The number of amides is 1. The molecular formula is C20H19FN4O3S2. The van der Waals surface area contributed by atoms with Crippen LogP contribution in [0.5, 0.6) is 0 Å². The molecule has 3 rings (SSSR count). The standard InChI is InChI=1S/C20H19FN4O3S2/c1-12-3-8-16(9-13(12)2)30(27,28)17-10-23-20(25-19(17)22)29-11-18(26)24-15-6-4-14(21)5-7-15/h3-10H,11H2,1-2H3,(H,24,26)(H2,22,23,25). The molecule has 156 valence electrons. The second-order valence-electron chi connectivity index (χ2n) is 6.50. The van der Waals surface area contributed by atoms with Crippen LogP contribution < -0.4 is 11.1 Å². The van der Waals surface area contributed by atoms with E-state index in [2.05, 4.69) is 15.3 Å². The van der Waals surface area contributed by atoms with Gasteiger partial charge in [0, 0.05) is 5.69 Å². The Labute approximate surface area is 177 Å². The number of nitrogens with zero attached hydrogens (tertiary/aromatic N) is 2. The summed E-state index contributed by atoms with van der Waals surface area (Å²) in [7, 11) is -3.87. The molecule has 0 aliphatic heterocycles. The number of sulfone groups is 1. The summed E-state index contributed by atoms with van der Waals surface area (Å²) in [6.07, 6.45) is 1.15. The van der Waals surface area contributed by atoms with Gasteiger partial charge in [0.1, 0.15) is 16.5 Å². The lowest BCUT2D eigenvalue weighted by Crippen LogP contribution is -2.14. The number of carbonyl (C=O) groups excluding carboxylic acids is 1. The topological polar surface area (TPSA) is 115 Å². The van der Waals surface area contributed by atoms with E-state index < -0.39 is 15.7 Å². The van der Waals surface area contributed by atoms with Gasteiger partial charge in [0.15, 0.2) is 5.16 Å². The van der Waals surface area contributed by atoms with Crippen molar-refractivity contribution in [3.8, 4) is 0 Å². The van der Waals surface area contributed by atoms with E-state index in [1.165, 1.54) is 30.3 Å². The summed E-state index contributed by atoms with van der Waals surface area (Å²) < 4.78 is 38.6. The van der Waals surface area contributed by atoms with Crippen molar-refractivity contribution in [2.24, 2.45) is 0 Å². The first-order chi connectivity index (χ1) is 14.2. The number of thioether (sulfide) groups is 1. The van der Waals surface area contributed by atoms with Gasteiger partial charge in [-0.1, -0.05) is 17.8 Å². The van der Waals surface area contributed by atoms with Crippen molar-refractivity contribution in [3.05, 3.63) is 65.6 Å². The van der Waals surface area contributed by atoms with Crippen molar-refractivity contribution in [2.75, 3.05) is 16.8 Å². The summed E-state index contributed by atoms with van der Waals surface area (Å²) in [5.74, 6) is -0.965. The Hall–Kier alpha value is -2.98. The number of halogens is 1. The predicted molar refractivity (Wildman–Crippen MR) is 114 cm³/mol. The molecule has 0 saturated heterocycles. The van der Waals surface area contributed by atoms with Gasteiger partial charge in [0.05, 0.1) is 16.8 Å². The fraction of sp³-hybridized carbons (Fsp3) is 0.150. The van der Waals surface area contributed by atoms with E-state index in [9.17, 15) is 17.6 Å². The maximum atomic E-state index is 12.9. The molecule has 1 heterocycles. The second-order valence-corrected chi connectivity index (χ2v) is 9.36. The summed E-state index contributed by atoms with van der Waals surface area (Å²) in [4.78, 5) is 20.0. The molecule has 0 saturated carbocycles. The third kappa shape index (κ3) is 4.95. The van der Waals surface area contributed by atoms with E-state index in [1.54, 1.807) is 12.1 Å². The summed E-state index contributed by atoms with van der Waals surface area (Å²) in [5.41, 5.74) is 8.15. The van der Waals surface area contributed by atoms with Gasteiger partial charge in [-0.05, 0) is 61.4 Å². The van der Waals surface area contributed by atoms with Gasteiger partial charge < -0.3 is 11.1 Å². The lowest BCUT2D eigenvalue weighted by atomic mass is 10.1. The van der Waals surface area contributed by atoms with Gasteiger partial charge in [0.25, 0.3) is 0 Å². The minimum absolute atomic E-state index is 0.0277. The normalized spacial score (nSPS) is 11.3. The van der Waals surface area contributed by atoms with Gasteiger partial charge in [-0.25, -0.2) is 22.8 Å². The van der Waals surface area contributed by atoms with Crippen LogP contribution in [-0.2, 0) is 14.6 Å². The van der Waals surface area contributed by atoms with Crippen molar-refractivity contribution in [3.63, 3.8) is 0 Å². The molecule has 0 atom stereocenters. The lowest BCUT2D eigenvalue weighted by Gasteiger charge is -2.10. The molecule has 0 fully saturated rings. The van der Waals surface area contributed by atoms with Gasteiger partial charge >= 0.3 is 0 Å². The van der Waals surface area contributed by atoms with Gasteiger partial charge in [-0.3, -0.25) is 4.79 Å². The van der Waals surface area contributed by atoms with Crippen molar-refractivity contribution >= 4 is 39.0 Å². The van der Waals surface area contributed by atoms with E-state index in [0.29, 0.717) is 5.69 Å². The van der Waals surface area contributed by atoms with Crippen molar-refractivity contribution in [2.45, 2.75) is 28.8 Å². The van der Waals surface area contributed by atoms with Crippen LogP contribution in [0.2, 0.25) is 0 Å². The molecule has 0 aliphatic rings. The van der Waals surface area contributed by atoms with Crippen molar-refractivity contribution in [1.29, 1.82) is 0 Å². The van der Waals surface area contributed by atoms with Crippen LogP contribution in [0, 0.1) is 19.7 Å². The number of aryl methyl sites for hydroxylation is 2. The Balaban J connectivity index is 1.71. The minimum Gasteiger partial charge on any atom is -0.382 e. The predicted octanol–water partition coefficient (Wildman–Crippen LogP) is 3.38. The maximum absolute atomic E-state index is 12.9. The third-order valence-corrected chi connectivity index (χ3v) is 6.93. The quantitative estimate of drug-likeness (QED) is 0.441. The highest BCUT2D eigenvalue weighted by Gasteiger charge is 2.23. The van der Waals surface area contributed by atoms with Gasteiger partial charge in [0.2, 0.25) is 15.7 Å². The molecular weight excluding hydrogens is 427 g/mol. The number of carbonyl (C=O) groups is 1. The Bertz CT molecular complexity index is 1200. The van der Waals surface area contributed by atoms with Gasteiger partial charge in [-0.2, -0.15) is 0 Å². The second kappa shape index (κ2) is 8.80. The molecule has 1 amide bonds. The highest BCUT2D eigenvalue weighted by Crippen LogP contribution is 2.27. The minimum atomic E-state index is -3.87. The van der Waals surface area contributed by atoms with Crippen LogP contribution in [0.1, 0.15) is 11.1 Å². The van der Waals surface area contributed by atoms with Crippen molar-refractivity contribution in [1.82, 2.24) is 9.97 Å². The number of nitrogens with two attached hydrogens (primary N) is 1. The summed E-state index contributed by atoms with van der Waals surface area (Å²) in [5, 5.41) is 2.78. The zero-order valence-corrected chi connectivity index (χ0v) is 17.8. The SMILES string of the molecule is Cc1ccc(S(=O)(=O)c2cnc(SCC(=O)Nc3ccc(F)cc3)nc2N)cc1C. The number of nitrogen functional groups attached to an aromatic ring is 1. The smallest absolute Gasteiger partial charge is 0.234 e. The van der Waals surface area contributed by atoms with Gasteiger partial charge in [-0.15, -0.1) is 0 Å². The van der Waals surface area contributed by atoms with E-state index in [-0.39, 0.29) is 32.4 Å². The number of nitrogens with one attached hydrogen (secondary N) is 1. The average molecular weight is 447 g/mol. The summed E-state index contributed by atoms with van der Waals surface area (Å²) >= 11 is 1.00. The fourth-order valence-corrected chi connectivity index (χ4v) is 4.48. The Morgan fingerprint density at radius 2 is 1.83 bits per heavy atom. The van der Waals surface area contributed by atoms with Crippen LogP contribution in [0.3, 0.4) is 0 Å². The molecule has 0 bridgehead atoms. The van der Waals surface area contributed by atoms with E-state index in [4.69, 9.17) is 5.73 Å². The van der Waals surface area contributed by atoms with E-state index in [0.717, 1.165) is 29.1 Å². The maximum Gasteiger partial charge on any atom is 0.234 e. The molecule has 0 spiro atoms. The first-order valence-electron chi connectivity index (χ1n) is 8.80.